The average Bonchev–Trinajstić information content (AvgIpc) is 2.95. The summed E-state index contributed by atoms with van der Waals surface area (Å²) in [5.74, 6) is -0.402. The molecule has 132 valence electrons. The molecule has 0 aliphatic carbocycles. The lowest BCUT2D eigenvalue weighted by atomic mass is 9.87. The van der Waals surface area contributed by atoms with Crippen molar-refractivity contribution in [3.8, 4) is 0 Å². The Morgan fingerprint density at radius 1 is 1.04 bits per heavy atom. The number of nitro benzene ring substituents is 1. The zero-order valence-electron chi connectivity index (χ0n) is 14.7. The fourth-order valence-corrected chi connectivity index (χ4v) is 2.50. The van der Waals surface area contributed by atoms with E-state index >= 15 is 0 Å². The van der Waals surface area contributed by atoms with Crippen LogP contribution in [0.15, 0.2) is 59.2 Å². The molecule has 6 nitrogen and oxygen atoms in total. The van der Waals surface area contributed by atoms with E-state index in [4.69, 9.17) is 4.74 Å². The topological polar surface area (TPSA) is 81.8 Å². The molecule has 0 saturated heterocycles. The van der Waals surface area contributed by atoms with Crippen molar-refractivity contribution >= 4 is 23.6 Å². The number of cyclic esters (lactones) is 1. The van der Waals surface area contributed by atoms with E-state index in [2.05, 4.69) is 25.8 Å². The van der Waals surface area contributed by atoms with Gasteiger partial charge in [0.25, 0.3) is 5.69 Å². The molecule has 0 radical (unpaired) electrons. The van der Waals surface area contributed by atoms with Gasteiger partial charge in [0.15, 0.2) is 5.70 Å². The second kappa shape index (κ2) is 6.55. The second-order valence-corrected chi connectivity index (χ2v) is 7.01. The summed E-state index contributed by atoms with van der Waals surface area (Å²) in [4.78, 5) is 26.5. The number of carbonyl (C=O) groups is 1. The fraction of sp³-hybridized carbons (Fsp3) is 0.200. The van der Waals surface area contributed by atoms with Crippen molar-refractivity contribution in [3.63, 3.8) is 0 Å². The molecule has 3 rings (SSSR count). The van der Waals surface area contributed by atoms with E-state index in [1.807, 2.05) is 24.3 Å². The lowest BCUT2D eigenvalue weighted by Gasteiger charge is -2.18. The van der Waals surface area contributed by atoms with Crippen LogP contribution in [0, 0.1) is 10.1 Å². The molecule has 6 heteroatoms. The average molecular weight is 350 g/mol. The molecule has 1 heterocycles. The lowest BCUT2D eigenvalue weighted by Crippen LogP contribution is -2.10. The number of rotatable bonds is 3. The third-order valence-electron chi connectivity index (χ3n) is 4.03. The van der Waals surface area contributed by atoms with Gasteiger partial charge >= 0.3 is 5.97 Å². The van der Waals surface area contributed by atoms with Gasteiger partial charge in [0.05, 0.1) is 4.92 Å². The van der Waals surface area contributed by atoms with Crippen LogP contribution in [-0.2, 0) is 14.9 Å². The highest BCUT2D eigenvalue weighted by Gasteiger charge is 2.24. The molecule has 1 aliphatic rings. The normalized spacial score (nSPS) is 15.7. The first-order chi connectivity index (χ1) is 12.2. The third kappa shape index (κ3) is 3.69. The number of carbonyl (C=O) groups excluding carboxylic acids is 1. The molecule has 1 aliphatic heterocycles. The Kier molecular flexibility index (Phi) is 4.42. The van der Waals surface area contributed by atoms with Gasteiger partial charge in [0.1, 0.15) is 0 Å². The van der Waals surface area contributed by atoms with Crippen molar-refractivity contribution in [2.24, 2.45) is 4.99 Å². The van der Waals surface area contributed by atoms with Crippen molar-refractivity contribution in [1.82, 2.24) is 0 Å². The highest BCUT2D eigenvalue weighted by molar-refractivity contribution is 6.12. The molecule has 0 atom stereocenters. The van der Waals surface area contributed by atoms with Crippen LogP contribution in [0.3, 0.4) is 0 Å². The Balaban J connectivity index is 1.85. The quantitative estimate of drug-likeness (QED) is 0.359. The summed E-state index contributed by atoms with van der Waals surface area (Å²) in [6.45, 7) is 6.40. The van der Waals surface area contributed by atoms with Crippen molar-refractivity contribution < 1.29 is 14.5 Å². The van der Waals surface area contributed by atoms with E-state index < -0.39 is 10.9 Å². The standard InChI is InChI=1S/C20H18N2O4/c1-20(2,3)15-8-4-13(5-9-15)12-17-19(23)26-18(21-17)14-6-10-16(11-7-14)22(24)25/h4-12H,1-3H3. The van der Waals surface area contributed by atoms with Crippen LogP contribution < -0.4 is 0 Å². The Labute approximate surface area is 151 Å². The van der Waals surface area contributed by atoms with Crippen LogP contribution in [-0.4, -0.2) is 16.8 Å². The van der Waals surface area contributed by atoms with Crippen molar-refractivity contribution in [2.75, 3.05) is 0 Å². The summed E-state index contributed by atoms with van der Waals surface area (Å²) < 4.78 is 5.18. The molecule has 2 aromatic carbocycles. The van der Waals surface area contributed by atoms with Crippen molar-refractivity contribution in [1.29, 1.82) is 0 Å². The predicted molar refractivity (Wildman–Crippen MR) is 98.8 cm³/mol. The van der Waals surface area contributed by atoms with Crippen molar-refractivity contribution in [3.05, 3.63) is 81.0 Å². The summed E-state index contributed by atoms with van der Waals surface area (Å²) >= 11 is 0. The number of aliphatic imine (C=N–C) groups is 1. The van der Waals surface area contributed by atoms with E-state index in [0.717, 1.165) is 5.56 Å². The minimum Gasteiger partial charge on any atom is -0.402 e. The summed E-state index contributed by atoms with van der Waals surface area (Å²) in [6, 6.07) is 13.6. The molecular formula is C20H18N2O4. The van der Waals surface area contributed by atoms with Crippen LogP contribution >= 0.6 is 0 Å². The van der Waals surface area contributed by atoms with E-state index in [1.165, 1.54) is 29.8 Å². The van der Waals surface area contributed by atoms with Gasteiger partial charge in [-0.3, -0.25) is 10.1 Å². The molecule has 2 aromatic rings. The van der Waals surface area contributed by atoms with Gasteiger partial charge in [-0.25, -0.2) is 9.79 Å². The molecule has 0 N–H and O–H groups in total. The zero-order chi connectivity index (χ0) is 18.9. The number of benzene rings is 2. The highest BCUT2D eigenvalue weighted by Crippen LogP contribution is 2.24. The first-order valence-electron chi connectivity index (χ1n) is 8.12. The number of esters is 1. The van der Waals surface area contributed by atoms with E-state index in [-0.39, 0.29) is 22.7 Å². The van der Waals surface area contributed by atoms with Crippen molar-refractivity contribution in [2.45, 2.75) is 26.2 Å². The minimum atomic E-state index is -0.543. The number of ether oxygens (including phenoxy) is 1. The van der Waals surface area contributed by atoms with Gasteiger partial charge in [-0.1, -0.05) is 45.0 Å². The summed E-state index contributed by atoms with van der Waals surface area (Å²) in [5.41, 5.74) is 2.77. The maximum absolute atomic E-state index is 12.1. The second-order valence-electron chi connectivity index (χ2n) is 7.01. The Morgan fingerprint density at radius 3 is 2.19 bits per heavy atom. The number of nitrogens with zero attached hydrogens (tertiary/aromatic N) is 2. The van der Waals surface area contributed by atoms with Crippen LogP contribution in [0.25, 0.3) is 6.08 Å². The molecule has 0 aromatic heterocycles. The molecule has 0 unspecified atom stereocenters. The Morgan fingerprint density at radius 2 is 1.65 bits per heavy atom. The first-order valence-corrected chi connectivity index (χ1v) is 8.12. The highest BCUT2D eigenvalue weighted by atomic mass is 16.6. The lowest BCUT2D eigenvalue weighted by molar-refractivity contribution is -0.384. The molecule has 0 amide bonds. The van der Waals surface area contributed by atoms with E-state index in [9.17, 15) is 14.9 Å². The van der Waals surface area contributed by atoms with Gasteiger partial charge < -0.3 is 4.74 Å². The number of nitro groups is 1. The van der Waals surface area contributed by atoms with Crippen LogP contribution in [0.4, 0.5) is 5.69 Å². The largest absolute Gasteiger partial charge is 0.402 e. The van der Waals surface area contributed by atoms with Gasteiger partial charge in [-0.2, -0.15) is 0 Å². The molecule has 0 bridgehead atoms. The molecule has 0 spiro atoms. The minimum absolute atomic E-state index is 0.0339. The Hall–Kier alpha value is -3.28. The van der Waals surface area contributed by atoms with E-state index in [0.29, 0.717) is 5.56 Å². The fourth-order valence-electron chi connectivity index (χ4n) is 2.50. The third-order valence-corrected chi connectivity index (χ3v) is 4.03. The SMILES string of the molecule is CC(C)(C)c1ccc(C=C2N=C(c3ccc([N+](=O)[O-])cc3)OC2=O)cc1. The van der Waals surface area contributed by atoms with Gasteiger partial charge in [0.2, 0.25) is 5.90 Å². The molecule has 0 fully saturated rings. The number of hydrogen-bond donors (Lipinski definition) is 0. The van der Waals surface area contributed by atoms with Gasteiger partial charge in [0, 0.05) is 17.7 Å². The van der Waals surface area contributed by atoms with E-state index in [1.54, 1.807) is 6.08 Å². The van der Waals surface area contributed by atoms with Gasteiger partial charge in [-0.05, 0) is 34.8 Å². The smallest absolute Gasteiger partial charge is 0.363 e. The van der Waals surface area contributed by atoms with Crippen LogP contribution in [0.5, 0.6) is 0 Å². The molecule has 26 heavy (non-hydrogen) atoms. The Bertz CT molecular complexity index is 918. The maximum Gasteiger partial charge on any atom is 0.363 e. The summed E-state index contributed by atoms with van der Waals surface area (Å²) in [6.07, 6.45) is 1.66. The molecular weight excluding hydrogens is 332 g/mol. The van der Waals surface area contributed by atoms with Crippen LogP contribution in [0.1, 0.15) is 37.5 Å². The zero-order valence-corrected chi connectivity index (χ0v) is 14.7. The number of hydrogen-bond acceptors (Lipinski definition) is 5. The summed E-state index contributed by atoms with van der Waals surface area (Å²) in [5, 5.41) is 10.7. The number of non-ortho nitro benzene ring substituents is 1. The maximum atomic E-state index is 12.1. The van der Waals surface area contributed by atoms with Gasteiger partial charge in [-0.15, -0.1) is 0 Å². The summed E-state index contributed by atoms with van der Waals surface area (Å²) in [7, 11) is 0. The van der Waals surface area contributed by atoms with Crippen LogP contribution in [0.2, 0.25) is 0 Å². The predicted octanol–water partition coefficient (Wildman–Crippen LogP) is 4.24. The monoisotopic (exact) mass is 350 g/mol. The first kappa shape index (κ1) is 17.5. The molecule has 0 saturated carbocycles.